The van der Waals surface area contributed by atoms with Gasteiger partial charge in [0.05, 0.1) is 6.10 Å². The molecule has 1 aliphatic rings. The maximum Gasteiger partial charge on any atom is 0.0576 e. The van der Waals surface area contributed by atoms with Crippen LogP contribution in [0.2, 0.25) is 0 Å². The predicted molar refractivity (Wildman–Crippen MR) is 60.6 cm³/mol. The topological polar surface area (TPSA) is 21.3 Å². The molecule has 1 saturated heterocycles. The number of unbranched alkanes of at least 4 members (excludes halogenated alkanes) is 1. The minimum atomic E-state index is 0.587. The number of nitrogens with one attached hydrogen (secondary N) is 1. The summed E-state index contributed by atoms with van der Waals surface area (Å²) in [6.45, 7) is 6.53. The van der Waals surface area contributed by atoms with E-state index in [1.165, 1.54) is 38.5 Å². The minimum absolute atomic E-state index is 0.587. The van der Waals surface area contributed by atoms with Crippen LogP contribution in [0, 0.1) is 0 Å². The van der Waals surface area contributed by atoms with Crippen molar-refractivity contribution >= 4 is 0 Å². The molecule has 0 saturated carbocycles. The molecule has 0 aromatic carbocycles. The fourth-order valence-corrected chi connectivity index (χ4v) is 2.15. The van der Waals surface area contributed by atoms with Gasteiger partial charge in [-0.2, -0.15) is 0 Å². The number of hydrogen-bond donors (Lipinski definition) is 1. The molecular weight excluding hydrogens is 174 g/mol. The summed E-state index contributed by atoms with van der Waals surface area (Å²) in [5, 5.41) is 3.44. The Morgan fingerprint density at radius 2 is 2.29 bits per heavy atom. The predicted octanol–water partition coefficient (Wildman–Crippen LogP) is 2.72. The minimum Gasteiger partial charge on any atom is -0.378 e. The Bertz CT molecular complexity index is 132. The highest BCUT2D eigenvalue weighted by molar-refractivity contribution is 4.66. The van der Waals surface area contributed by atoms with Gasteiger partial charge < -0.3 is 10.1 Å². The van der Waals surface area contributed by atoms with Crippen molar-refractivity contribution in [1.82, 2.24) is 5.32 Å². The molecule has 1 aliphatic heterocycles. The molecule has 1 N–H and O–H groups in total. The first-order valence-corrected chi connectivity index (χ1v) is 6.18. The Labute approximate surface area is 88.4 Å². The first-order chi connectivity index (χ1) is 6.83. The fraction of sp³-hybridized carbons (Fsp3) is 1.00. The van der Waals surface area contributed by atoms with Gasteiger partial charge in [-0.3, -0.25) is 0 Å². The van der Waals surface area contributed by atoms with Gasteiger partial charge in [-0.1, -0.05) is 19.8 Å². The van der Waals surface area contributed by atoms with Gasteiger partial charge in [0, 0.05) is 12.6 Å². The van der Waals surface area contributed by atoms with Gasteiger partial charge in [-0.05, 0) is 39.2 Å². The molecule has 14 heavy (non-hydrogen) atoms. The van der Waals surface area contributed by atoms with Crippen molar-refractivity contribution in [1.29, 1.82) is 0 Å². The van der Waals surface area contributed by atoms with Gasteiger partial charge in [0.15, 0.2) is 0 Å². The first kappa shape index (κ1) is 12.0. The Morgan fingerprint density at radius 1 is 1.43 bits per heavy atom. The smallest absolute Gasteiger partial charge is 0.0576 e. The Balaban J connectivity index is 1.88. The molecule has 0 radical (unpaired) electrons. The lowest BCUT2D eigenvalue weighted by molar-refractivity contribution is 0.102. The van der Waals surface area contributed by atoms with Crippen molar-refractivity contribution in [3.05, 3.63) is 0 Å². The van der Waals surface area contributed by atoms with Crippen LogP contribution in [0.4, 0.5) is 0 Å². The highest BCUT2D eigenvalue weighted by Crippen LogP contribution is 2.18. The molecule has 0 amide bonds. The van der Waals surface area contributed by atoms with Gasteiger partial charge in [-0.25, -0.2) is 0 Å². The molecule has 0 aromatic heterocycles. The third-order valence-corrected chi connectivity index (χ3v) is 2.99. The molecule has 2 unspecified atom stereocenters. The normalized spacial score (nSPS) is 24.0. The van der Waals surface area contributed by atoms with E-state index in [0.29, 0.717) is 12.1 Å². The largest absolute Gasteiger partial charge is 0.378 e. The van der Waals surface area contributed by atoms with Crippen LogP contribution < -0.4 is 5.32 Å². The van der Waals surface area contributed by atoms with E-state index in [1.54, 1.807) is 0 Å². The summed E-state index contributed by atoms with van der Waals surface area (Å²) in [6, 6.07) is 0.685. The summed E-state index contributed by atoms with van der Waals surface area (Å²) in [5.74, 6) is 0. The Kier molecular flexibility index (Phi) is 6.20. The molecule has 0 aliphatic carbocycles. The quantitative estimate of drug-likeness (QED) is 0.637. The summed E-state index contributed by atoms with van der Waals surface area (Å²) in [5.41, 5.74) is 0. The fourth-order valence-electron chi connectivity index (χ4n) is 2.15. The SMILES string of the molecule is CCNC(C)CCCCC1CCCO1. The third kappa shape index (κ3) is 4.97. The summed E-state index contributed by atoms with van der Waals surface area (Å²) >= 11 is 0. The number of hydrogen-bond acceptors (Lipinski definition) is 2. The van der Waals surface area contributed by atoms with E-state index in [0.717, 1.165) is 13.2 Å². The molecule has 2 atom stereocenters. The Morgan fingerprint density at radius 3 is 2.93 bits per heavy atom. The molecule has 0 aromatic rings. The average molecular weight is 199 g/mol. The van der Waals surface area contributed by atoms with E-state index in [4.69, 9.17) is 4.74 Å². The molecule has 0 bridgehead atoms. The zero-order valence-electron chi connectivity index (χ0n) is 9.72. The van der Waals surface area contributed by atoms with Gasteiger partial charge in [0.2, 0.25) is 0 Å². The lowest BCUT2D eigenvalue weighted by Crippen LogP contribution is -2.25. The van der Waals surface area contributed by atoms with Crippen LogP contribution in [0.3, 0.4) is 0 Å². The molecule has 1 heterocycles. The Hall–Kier alpha value is -0.0800. The first-order valence-electron chi connectivity index (χ1n) is 6.18. The van der Waals surface area contributed by atoms with E-state index >= 15 is 0 Å². The zero-order chi connectivity index (χ0) is 10.2. The van der Waals surface area contributed by atoms with E-state index in [2.05, 4.69) is 19.2 Å². The van der Waals surface area contributed by atoms with E-state index < -0.39 is 0 Å². The second-order valence-electron chi connectivity index (χ2n) is 4.38. The van der Waals surface area contributed by atoms with Crippen molar-refractivity contribution in [2.45, 2.75) is 64.5 Å². The van der Waals surface area contributed by atoms with Gasteiger partial charge in [0.1, 0.15) is 0 Å². The monoisotopic (exact) mass is 199 g/mol. The van der Waals surface area contributed by atoms with Gasteiger partial charge in [0.25, 0.3) is 0 Å². The standard InChI is InChI=1S/C12H25NO/c1-3-13-11(2)7-4-5-8-12-9-6-10-14-12/h11-13H,3-10H2,1-2H3. The second kappa shape index (κ2) is 7.24. The molecule has 1 rings (SSSR count). The van der Waals surface area contributed by atoms with Crippen molar-refractivity contribution in [3.8, 4) is 0 Å². The van der Waals surface area contributed by atoms with E-state index in [9.17, 15) is 0 Å². The molecule has 2 heteroatoms. The highest BCUT2D eigenvalue weighted by atomic mass is 16.5. The van der Waals surface area contributed by atoms with Crippen LogP contribution in [0.25, 0.3) is 0 Å². The summed E-state index contributed by atoms with van der Waals surface area (Å²) in [6.07, 6.45) is 8.42. The molecule has 0 spiro atoms. The van der Waals surface area contributed by atoms with Crippen molar-refractivity contribution in [2.24, 2.45) is 0 Å². The van der Waals surface area contributed by atoms with E-state index in [-0.39, 0.29) is 0 Å². The van der Waals surface area contributed by atoms with Crippen molar-refractivity contribution in [2.75, 3.05) is 13.2 Å². The second-order valence-corrected chi connectivity index (χ2v) is 4.38. The number of rotatable bonds is 7. The van der Waals surface area contributed by atoms with Crippen molar-refractivity contribution in [3.63, 3.8) is 0 Å². The zero-order valence-corrected chi connectivity index (χ0v) is 9.72. The molecule has 1 fully saturated rings. The summed E-state index contributed by atoms with van der Waals surface area (Å²) in [7, 11) is 0. The average Bonchev–Trinajstić information content (AvgIpc) is 2.65. The maximum absolute atomic E-state index is 5.59. The van der Waals surface area contributed by atoms with Crippen LogP contribution in [-0.4, -0.2) is 25.3 Å². The van der Waals surface area contributed by atoms with Crippen LogP contribution in [0.1, 0.15) is 52.4 Å². The number of ether oxygens (including phenoxy) is 1. The van der Waals surface area contributed by atoms with Crippen LogP contribution in [0.15, 0.2) is 0 Å². The highest BCUT2D eigenvalue weighted by Gasteiger charge is 2.14. The molecule has 2 nitrogen and oxygen atoms in total. The lowest BCUT2D eigenvalue weighted by Gasteiger charge is -2.13. The van der Waals surface area contributed by atoms with Crippen molar-refractivity contribution < 1.29 is 4.74 Å². The molecular formula is C12H25NO. The summed E-state index contributed by atoms with van der Waals surface area (Å²) in [4.78, 5) is 0. The van der Waals surface area contributed by atoms with Crippen LogP contribution >= 0.6 is 0 Å². The van der Waals surface area contributed by atoms with Crippen LogP contribution in [-0.2, 0) is 4.74 Å². The summed E-state index contributed by atoms with van der Waals surface area (Å²) < 4.78 is 5.59. The van der Waals surface area contributed by atoms with Gasteiger partial charge in [-0.15, -0.1) is 0 Å². The van der Waals surface area contributed by atoms with E-state index in [1.807, 2.05) is 0 Å². The maximum atomic E-state index is 5.59. The molecule has 84 valence electrons. The lowest BCUT2D eigenvalue weighted by atomic mass is 10.1. The third-order valence-electron chi connectivity index (χ3n) is 2.99. The van der Waals surface area contributed by atoms with Crippen LogP contribution in [0.5, 0.6) is 0 Å². The van der Waals surface area contributed by atoms with Gasteiger partial charge >= 0.3 is 0 Å².